The van der Waals surface area contributed by atoms with E-state index in [-0.39, 0.29) is 5.82 Å². The second-order valence-corrected chi connectivity index (χ2v) is 5.17. The van der Waals surface area contributed by atoms with Crippen LogP contribution in [0, 0.1) is 5.82 Å². The summed E-state index contributed by atoms with van der Waals surface area (Å²) < 4.78 is 17.0. The third-order valence-electron chi connectivity index (χ3n) is 2.56. The molecular formula is C13H16FN3S. The first-order valence-electron chi connectivity index (χ1n) is 5.97. The van der Waals surface area contributed by atoms with Crippen molar-refractivity contribution in [2.45, 2.75) is 26.2 Å². The van der Waals surface area contributed by atoms with E-state index in [1.165, 1.54) is 23.7 Å². The average Bonchev–Trinajstić information content (AvgIpc) is 2.81. The Bertz CT molecular complexity index is 493. The first-order valence-corrected chi connectivity index (χ1v) is 6.74. The Morgan fingerprint density at radius 2 is 2.00 bits per heavy atom. The van der Waals surface area contributed by atoms with E-state index >= 15 is 0 Å². The highest BCUT2D eigenvalue weighted by Gasteiger charge is 2.06. The van der Waals surface area contributed by atoms with Gasteiger partial charge in [0.2, 0.25) is 5.13 Å². The highest BCUT2D eigenvalue weighted by Crippen LogP contribution is 2.17. The minimum atomic E-state index is -0.197. The molecule has 0 aliphatic heterocycles. The Balaban J connectivity index is 1.82. The summed E-state index contributed by atoms with van der Waals surface area (Å²) in [7, 11) is 0. The number of hydrogen-bond acceptors (Lipinski definition) is 4. The van der Waals surface area contributed by atoms with Crippen molar-refractivity contribution in [3.63, 3.8) is 0 Å². The molecule has 0 fully saturated rings. The second kappa shape index (κ2) is 5.91. The SMILES string of the molecule is CC(C)c1nsc(NCCc2ccc(F)cc2)n1. The first kappa shape index (κ1) is 13.0. The van der Waals surface area contributed by atoms with E-state index in [1.54, 1.807) is 12.1 Å². The molecular weight excluding hydrogens is 249 g/mol. The van der Waals surface area contributed by atoms with E-state index in [9.17, 15) is 4.39 Å². The van der Waals surface area contributed by atoms with Crippen LogP contribution in [-0.2, 0) is 6.42 Å². The molecule has 1 aromatic heterocycles. The number of anilines is 1. The molecule has 0 amide bonds. The Labute approximate surface area is 110 Å². The van der Waals surface area contributed by atoms with Crippen molar-refractivity contribution in [2.75, 3.05) is 11.9 Å². The van der Waals surface area contributed by atoms with Gasteiger partial charge in [0.05, 0.1) is 0 Å². The highest BCUT2D eigenvalue weighted by atomic mass is 32.1. The van der Waals surface area contributed by atoms with Crippen LogP contribution >= 0.6 is 11.5 Å². The molecule has 0 atom stereocenters. The van der Waals surface area contributed by atoms with Crippen LogP contribution in [0.4, 0.5) is 9.52 Å². The van der Waals surface area contributed by atoms with E-state index in [4.69, 9.17) is 0 Å². The van der Waals surface area contributed by atoms with Crippen molar-refractivity contribution < 1.29 is 4.39 Å². The Kier molecular flexibility index (Phi) is 4.25. The van der Waals surface area contributed by atoms with Gasteiger partial charge in [-0.1, -0.05) is 26.0 Å². The van der Waals surface area contributed by atoms with Crippen LogP contribution in [0.5, 0.6) is 0 Å². The lowest BCUT2D eigenvalue weighted by Gasteiger charge is -2.02. The number of aromatic nitrogens is 2. The molecule has 0 saturated heterocycles. The molecule has 3 nitrogen and oxygen atoms in total. The zero-order valence-corrected chi connectivity index (χ0v) is 11.3. The van der Waals surface area contributed by atoms with Crippen molar-refractivity contribution >= 4 is 16.7 Å². The summed E-state index contributed by atoms with van der Waals surface area (Å²) in [5.41, 5.74) is 1.11. The number of rotatable bonds is 5. The summed E-state index contributed by atoms with van der Waals surface area (Å²) in [6.07, 6.45) is 0.844. The van der Waals surface area contributed by atoms with Crippen LogP contribution in [0.25, 0.3) is 0 Å². The molecule has 0 spiro atoms. The van der Waals surface area contributed by atoms with Crippen LogP contribution in [-0.4, -0.2) is 15.9 Å². The molecule has 0 aliphatic carbocycles. The zero-order chi connectivity index (χ0) is 13.0. The van der Waals surface area contributed by atoms with Gasteiger partial charge in [0.25, 0.3) is 0 Å². The first-order chi connectivity index (χ1) is 8.65. The van der Waals surface area contributed by atoms with E-state index < -0.39 is 0 Å². The Morgan fingerprint density at radius 1 is 1.28 bits per heavy atom. The molecule has 0 bridgehead atoms. The number of hydrogen-bond donors (Lipinski definition) is 1. The van der Waals surface area contributed by atoms with Gasteiger partial charge in [0.15, 0.2) is 0 Å². The molecule has 1 aromatic carbocycles. The summed E-state index contributed by atoms with van der Waals surface area (Å²) in [6, 6.07) is 6.57. The van der Waals surface area contributed by atoms with Gasteiger partial charge in [-0.25, -0.2) is 9.37 Å². The van der Waals surface area contributed by atoms with Gasteiger partial charge in [-0.15, -0.1) is 0 Å². The van der Waals surface area contributed by atoms with Gasteiger partial charge in [-0.2, -0.15) is 4.37 Å². The minimum Gasteiger partial charge on any atom is -0.360 e. The predicted octanol–water partition coefficient (Wildman–Crippen LogP) is 3.46. The van der Waals surface area contributed by atoms with Gasteiger partial charge in [0.1, 0.15) is 11.6 Å². The molecule has 18 heavy (non-hydrogen) atoms. The van der Waals surface area contributed by atoms with Gasteiger partial charge < -0.3 is 5.32 Å². The Hall–Kier alpha value is -1.49. The maximum atomic E-state index is 12.7. The molecule has 0 unspecified atom stereocenters. The lowest BCUT2D eigenvalue weighted by atomic mass is 10.1. The van der Waals surface area contributed by atoms with Crippen LogP contribution in [0.1, 0.15) is 31.2 Å². The minimum absolute atomic E-state index is 0.197. The number of nitrogens with zero attached hydrogens (tertiary/aromatic N) is 2. The van der Waals surface area contributed by atoms with Crippen molar-refractivity contribution in [1.29, 1.82) is 0 Å². The summed E-state index contributed by atoms with van der Waals surface area (Å²) in [5, 5.41) is 4.08. The quantitative estimate of drug-likeness (QED) is 0.899. The smallest absolute Gasteiger partial charge is 0.202 e. The lowest BCUT2D eigenvalue weighted by molar-refractivity contribution is 0.627. The topological polar surface area (TPSA) is 37.8 Å². The summed E-state index contributed by atoms with van der Waals surface area (Å²) in [5.74, 6) is 1.04. The highest BCUT2D eigenvalue weighted by molar-refractivity contribution is 7.09. The summed E-state index contributed by atoms with van der Waals surface area (Å²) in [4.78, 5) is 4.39. The Morgan fingerprint density at radius 3 is 2.61 bits per heavy atom. The fourth-order valence-corrected chi connectivity index (χ4v) is 2.24. The molecule has 5 heteroatoms. The van der Waals surface area contributed by atoms with Crippen molar-refractivity contribution in [3.05, 3.63) is 41.5 Å². The molecule has 0 radical (unpaired) electrons. The van der Waals surface area contributed by atoms with Gasteiger partial charge in [-0.3, -0.25) is 0 Å². The van der Waals surface area contributed by atoms with Gasteiger partial charge >= 0.3 is 0 Å². The molecule has 96 valence electrons. The van der Waals surface area contributed by atoms with Crippen LogP contribution in [0.2, 0.25) is 0 Å². The van der Waals surface area contributed by atoms with E-state index in [1.807, 2.05) is 0 Å². The fraction of sp³-hybridized carbons (Fsp3) is 0.385. The maximum Gasteiger partial charge on any atom is 0.202 e. The second-order valence-electron chi connectivity index (χ2n) is 4.42. The largest absolute Gasteiger partial charge is 0.360 e. The monoisotopic (exact) mass is 265 g/mol. The zero-order valence-electron chi connectivity index (χ0n) is 10.5. The van der Waals surface area contributed by atoms with Crippen molar-refractivity contribution in [3.8, 4) is 0 Å². The molecule has 2 aromatic rings. The third-order valence-corrected chi connectivity index (χ3v) is 3.25. The van der Waals surface area contributed by atoms with Crippen molar-refractivity contribution in [1.82, 2.24) is 9.36 Å². The van der Waals surface area contributed by atoms with Gasteiger partial charge in [0, 0.05) is 24.0 Å². The van der Waals surface area contributed by atoms with Crippen LogP contribution in [0.3, 0.4) is 0 Å². The molecule has 1 N–H and O–H groups in total. The van der Waals surface area contributed by atoms with Gasteiger partial charge in [-0.05, 0) is 24.1 Å². The standard InChI is InChI=1S/C13H16FN3S/c1-9(2)12-16-13(18-17-12)15-8-7-10-3-5-11(14)6-4-10/h3-6,9H,7-8H2,1-2H3,(H,15,16,17). The summed E-state index contributed by atoms with van der Waals surface area (Å²) >= 11 is 1.38. The molecule has 1 heterocycles. The average molecular weight is 265 g/mol. The fourth-order valence-electron chi connectivity index (χ4n) is 1.51. The maximum absolute atomic E-state index is 12.7. The normalized spacial score (nSPS) is 10.9. The molecule has 2 rings (SSSR count). The number of benzene rings is 1. The predicted molar refractivity (Wildman–Crippen MR) is 72.6 cm³/mol. The van der Waals surface area contributed by atoms with E-state index in [0.717, 1.165) is 29.5 Å². The van der Waals surface area contributed by atoms with Crippen LogP contribution < -0.4 is 5.32 Å². The third kappa shape index (κ3) is 3.50. The molecule has 0 saturated carbocycles. The molecule has 0 aliphatic rings. The number of halogens is 1. The van der Waals surface area contributed by atoms with Crippen molar-refractivity contribution in [2.24, 2.45) is 0 Å². The summed E-state index contributed by atoms with van der Waals surface area (Å²) in [6.45, 7) is 4.92. The van der Waals surface area contributed by atoms with Crippen LogP contribution in [0.15, 0.2) is 24.3 Å². The number of nitrogens with one attached hydrogen (secondary N) is 1. The van der Waals surface area contributed by atoms with E-state index in [0.29, 0.717) is 5.92 Å². The van der Waals surface area contributed by atoms with E-state index in [2.05, 4.69) is 28.5 Å². The lowest BCUT2D eigenvalue weighted by Crippen LogP contribution is -2.04.